The van der Waals surface area contributed by atoms with Crippen molar-refractivity contribution in [2.45, 2.75) is 13.3 Å². The molecule has 1 heterocycles. The minimum atomic E-state index is -3.51. The van der Waals surface area contributed by atoms with Gasteiger partial charge in [-0.2, -0.15) is 4.31 Å². The molecule has 0 atom stereocenters. The van der Waals surface area contributed by atoms with Crippen LogP contribution < -0.4 is 0 Å². The van der Waals surface area contributed by atoms with Crippen molar-refractivity contribution in [3.8, 4) is 0 Å². The third kappa shape index (κ3) is 4.32. The van der Waals surface area contributed by atoms with Crippen molar-refractivity contribution in [2.75, 3.05) is 26.2 Å². The van der Waals surface area contributed by atoms with Gasteiger partial charge >= 0.3 is 0 Å². The van der Waals surface area contributed by atoms with Crippen LogP contribution in [0.25, 0.3) is 6.08 Å². The summed E-state index contributed by atoms with van der Waals surface area (Å²) in [5, 5.41) is 1.69. The van der Waals surface area contributed by atoms with Crippen LogP contribution in [-0.2, 0) is 14.8 Å². The van der Waals surface area contributed by atoms with Crippen molar-refractivity contribution in [3.05, 3.63) is 40.3 Å². The lowest BCUT2D eigenvalue weighted by molar-refractivity contribution is -0.128. The molecule has 7 heteroatoms. The first kappa shape index (κ1) is 17.0. The van der Waals surface area contributed by atoms with Crippen LogP contribution in [0.4, 0.5) is 0 Å². The number of hydrogen-bond donors (Lipinski definition) is 0. The van der Waals surface area contributed by atoms with Crippen LogP contribution in [0.1, 0.15) is 18.9 Å². The maximum absolute atomic E-state index is 12.4. The Labute approximate surface area is 136 Å². The van der Waals surface area contributed by atoms with Gasteiger partial charge in [-0.3, -0.25) is 4.79 Å². The fraction of sp³-hybridized carbons (Fsp3) is 0.400. The van der Waals surface area contributed by atoms with Crippen LogP contribution in [-0.4, -0.2) is 49.7 Å². The highest BCUT2D eigenvalue weighted by atomic mass is 35.5. The Hall–Kier alpha value is -1.37. The second-order valence-corrected chi connectivity index (χ2v) is 7.35. The molecule has 1 aromatic rings. The number of benzene rings is 1. The molecule has 1 amide bonds. The molecule has 2 rings (SSSR count). The van der Waals surface area contributed by atoms with Crippen molar-refractivity contribution in [3.63, 3.8) is 0 Å². The van der Waals surface area contributed by atoms with E-state index in [0.717, 1.165) is 0 Å². The van der Waals surface area contributed by atoms with Gasteiger partial charge in [-0.1, -0.05) is 29.8 Å². The summed E-state index contributed by atoms with van der Waals surface area (Å²) in [5.74, 6) is -0.0224. The van der Waals surface area contributed by atoms with Gasteiger partial charge in [-0.25, -0.2) is 8.42 Å². The molecule has 0 aliphatic carbocycles. The van der Waals surface area contributed by atoms with Crippen LogP contribution in [0, 0.1) is 0 Å². The molecule has 0 saturated carbocycles. The number of rotatable bonds is 3. The molecule has 120 valence electrons. The summed E-state index contributed by atoms with van der Waals surface area (Å²) in [5.41, 5.74) is 0.660. The van der Waals surface area contributed by atoms with Crippen LogP contribution in [0.5, 0.6) is 0 Å². The quantitative estimate of drug-likeness (QED) is 0.846. The van der Waals surface area contributed by atoms with Gasteiger partial charge in [0.25, 0.3) is 0 Å². The van der Waals surface area contributed by atoms with Crippen molar-refractivity contribution in [1.29, 1.82) is 0 Å². The lowest BCUT2D eigenvalue weighted by Crippen LogP contribution is -2.35. The molecular formula is C15H19ClN2O3S. The summed E-state index contributed by atoms with van der Waals surface area (Å²) in [6.07, 6.45) is 2.14. The fourth-order valence-corrected chi connectivity index (χ4v) is 3.73. The summed E-state index contributed by atoms with van der Waals surface area (Å²) >= 11 is 6.02. The minimum Gasteiger partial charge on any atom is -0.342 e. The molecule has 1 fully saturated rings. The van der Waals surface area contributed by atoms with Crippen molar-refractivity contribution in [1.82, 2.24) is 9.21 Å². The SMILES string of the molecule is CC(=O)N1CCCN(S(=O)(=O)/C=C\c2ccccc2Cl)CC1. The molecule has 0 aromatic heterocycles. The van der Waals surface area contributed by atoms with Crippen LogP contribution in [0.2, 0.25) is 5.02 Å². The van der Waals surface area contributed by atoms with Gasteiger partial charge in [-0.05, 0) is 24.1 Å². The number of amides is 1. The molecule has 0 N–H and O–H groups in total. The monoisotopic (exact) mass is 342 g/mol. The topological polar surface area (TPSA) is 57.7 Å². The third-order valence-corrected chi connectivity index (χ3v) is 5.49. The van der Waals surface area contributed by atoms with Crippen LogP contribution in [0.3, 0.4) is 0 Å². The molecule has 1 aliphatic rings. The van der Waals surface area contributed by atoms with E-state index in [-0.39, 0.29) is 5.91 Å². The van der Waals surface area contributed by atoms with E-state index >= 15 is 0 Å². The van der Waals surface area contributed by atoms with E-state index < -0.39 is 10.0 Å². The van der Waals surface area contributed by atoms with Crippen LogP contribution in [0.15, 0.2) is 29.7 Å². The zero-order valence-corrected chi connectivity index (χ0v) is 14.0. The summed E-state index contributed by atoms with van der Waals surface area (Å²) in [6.45, 7) is 3.25. The highest BCUT2D eigenvalue weighted by Crippen LogP contribution is 2.18. The average Bonchev–Trinajstić information content (AvgIpc) is 2.73. The van der Waals surface area contributed by atoms with Gasteiger partial charge in [0, 0.05) is 43.5 Å². The summed E-state index contributed by atoms with van der Waals surface area (Å²) in [4.78, 5) is 13.1. The van der Waals surface area contributed by atoms with E-state index in [1.165, 1.54) is 22.7 Å². The molecule has 5 nitrogen and oxygen atoms in total. The van der Waals surface area contributed by atoms with E-state index in [0.29, 0.717) is 43.2 Å². The number of sulfonamides is 1. The second kappa shape index (κ2) is 7.26. The number of carbonyl (C=O) groups is 1. The molecule has 22 heavy (non-hydrogen) atoms. The highest BCUT2D eigenvalue weighted by molar-refractivity contribution is 7.92. The zero-order valence-electron chi connectivity index (χ0n) is 12.4. The maximum atomic E-state index is 12.4. The first-order chi connectivity index (χ1) is 10.4. The maximum Gasteiger partial charge on any atom is 0.236 e. The Kier molecular flexibility index (Phi) is 5.61. The Morgan fingerprint density at radius 3 is 2.59 bits per heavy atom. The van der Waals surface area contributed by atoms with Crippen molar-refractivity contribution >= 4 is 33.6 Å². The lowest BCUT2D eigenvalue weighted by atomic mass is 10.2. The Morgan fingerprint density at radius 1 is 1.18 bits per heavy atom. The van der Waals surface area contributed by atoms with E-state index in [1.54, 1.807) is 29.2 Å². The molecule has 0 spiro atoms. The van der Waals surface area contributed by atoms with E-state index in [4.69, 9.17) is 11.6 Å². The average molecular weight is 343 g/mol. The van der Waals surface area contributed by atoms with Crippen LogP contribution >= 0.6 is 11.6 Å². The van der Waals surface area contributed by atoms with Gasteiger partial charge in [0.1, 0.15) is 0 Å². The first-order valence-electron chi connectivity index (χ1n) is 7.08. The molecule has 1 aromatic carbocycles. The number of hydrogen-bond acceptors (Lipinski definition) is 3. The minimum absolute atomic E-state index is 0.0224. The number of halogens is 1. The fourth-order valence-electron chi connectivity index (χ4n) is 2.32. The number of carbonyl (C=O) groups excluding carboxylic acids is 1. The molecule has 1 aliphatic heterocycles. The molecule has 0 bridgehead atoms. The summed E-state index contributed by atoms with van der Waals surface area (Å²) in [6, 6.07) is 7.06. The first-order valence-corrected chi connectivity index (χ1v) is 8.96. The normalized spacial score (nSPS) is 17.6. The third-order valence-electron chi connectivity index (χ3n) is 3.58. The van der Waals surface area contributed by atoms with E-state index in [9.17, 15) is 13.2 Å². The van der Waals surface area contributed by atoms with Gasteiger partial charge in [-0.15, -0.1) is 0 Å². The Balaban J connectivity index is 2.10. The summed E-state index contributed by atoms with van der Waals surface area (Å²) < 4.78 is 26.2. The number of nitrogens with zero attached hydrogens (tertiary/aromatic N) is 2. The summed E-state index contributed by atoms with van der Waals surface area (Å²) in [7, 11) is -3.51. The molecule has 0 radical (unpaired) electrons. The Morgan fingerprint density at radius 2 is 1.91 bits per heavy atom. The zero-order chi connectivity index (χ0) is 16.2. The molecular weight excluding hydrogens is 324 g/mol. The highest BCUT2D eigenvalue weighted by Gasteiger charge is 2.23. The van der Waals surface area contributed by atoms with Gasteiger partial charge < -0.3 is 4.90 Å². The van der Waals surface area contributed by atoms with E-state index in [1.807, 2.05) is 0 Å². The van der Waals surface area contributed by atoms with Gasteiger partial charge in [0.2, 0.25) is 15.9 Å². The van der Waals surface area contributed by atoms with Gasteiger partial charge in [0.15, 0.2) is 0 Å². The van der Waals surface area contributed by atoms with Crippen molar-refractivity contribution < 1.29 is 13.2 Å². The predicted octanol–water partition coefficient (Wildman–Crippen LogP) is 2.19. The lowest BCUT2D eigenvalue weighted by Gasteiger charge is -2.19. The molecule has 1 saturated heterocycles. The van der Waals surface area contributed by atoms with E-state index in [2.05, 4.69) is 0 Å². The smallest absolute Gasteiger partial charge is 0.236 e. The Bertz CT molecular complexity index is 673. The standard InChI is InChI=1S/C15H19ClN2O3S/c1-13(19)17-8-4-9-18(11-10-17)22(20,21)12-7-14-5-2-3-6-15(14)16/h2-3,5-7,12H,4,8-11H2,1H3/b12-7-. The largest absolute Gasteiger partial charge is 0.342 e. The molecule has 0 unspecified atom stereocenters. The van der Waals surface area contributed by atoms with Gasteiger partial charge in [0.05, 0.1) is 0 Å². The second-order valence-electron chi connectivity index (χ2n) is 5.13. The predicted molar refractivity (Wildman–Crippen MR) is 87.8 cm³/mol. The van der Waals surface area contributed by atoms with Crippen molar-refractivity contribution in [2.24, 2.45) is 0 Å².